The van der Waals surface area contributed by atoms with E-state index in [9.17, 15) is 4.79 Å². The zero-order chi connectivity index (χ0) is 11.8. The van der Waals surface area contributed by atoms with Gasteiger partial charge in [-0.3, -0.25) is 4.79 Å². The molecule has 0 aromatic heterocycles. The number of hydrogen-bond donors (Lipinski definition) is 1. The average molecular weight is 257 g/mol. The van der Waals surface area contributed by atoms with Crippen molar-refractivity contribution in [2.24, 2.45) is 5.73 Å². The van der Waals surface area contributed by atoms with E-state index in [1.54, 1.807) is 0 Å². The average Bonchev–Trinajstić information content (AvgIpc) is 2.34. The van der Waals surface area contributed by atoms with E-state index in [0.29, 0.717) is 19.5 Å². The molecule has 0 fully saturated rings. The molecule has 0 radical (unpaired) electrons. The maximum atomic E-state index is 11.7. The lowest BCUT2D eigenvalue weighted by Crippen LogP contribution is -2.31. The molecule has 1 rings (SSSR count). The minimum absolute atomic E-state index is 0. The number of carbonyl (C=O) groups excluding carboxylic acids is 1. The minimum atomic E-state index is 0. The Hall–Kier alpha value is -1.06. The van der Waals surface area contributed by atoms with Gasteiger partial charge in [0.25, 0.3) is 0 Å². The maximum Gasteiger partial charge on any atom is 0.222 e. The van der Waals surface area contributed by atoms with Gasteiger partial charge in [-0.25, -0.2) is 0 Å². The number of amides is 1. The summed E-state index contributed by atoms with van der Waals surface area (Å²) < 4.78 is 0. The van der Waals surface area contributed by atoms with E-state index < -0.39 is 0 Å². The SMILES string of the molecule is CCC(=O)N(CCCN)Cc1ccccc1.Cl. The summed E-state index contributed by atoms with van der Waals surface area (Å²) in [4.78, 5) is 13.6. The van der Waals surface area contributed by atoms with Gasteiger partial charge in [0.2, 0.25) is 5.91 Å². The van der Waals surface area contributed by atoms with Crippen LogP contribution in [0.5, 0.6) is 0 Å². The molecule has 0 unspecified atom stereocenters. The summed E-state index contributed by atoms with van der Waals surface area (Å²) >= 11 is 0. The molecule has 0 aliphatic heterocycles. The molecule has 0 saturated heterocycles. The van der Waals surface area contributed by atoms with E-state index in [-0.39, 0.29) is 18.3 Å². The van der Waals surface area contributed by atoms with Crippen molar-refractivity contribution in [3.63, 3.8) is 0 Å². The number of rotatable bonds is 6. The number of nitrogens with zero attached hydrogens (tertiary/aromatic N) is 1. The highest BCUT2D eigenvalue weighted by Gasteiger charge is 2.10. The Labute approximate surface area is 109 Å². The number of halogens is 1. The van der Waals surface area contributed by atoms with Crippen LogP contribution in [0.4, 0.5) is 0 Å². The van der Waals surface area contributed by atoms with Gasteiger partial charge in [-0.15, -0.1) is 12.4 Å². The molecule has 17 heavy (non-hydrogen) atoms. The van der Waals surface area contributed by atoms with Crippen molar-refractivity contribution >= 4 is 18.3 Å². The van der Waals surface area contributed by atoms with Gasteiger partial charge >= 0.3 is 0 Å². The monoisotopic (exact) mass is 256 g/mol. The van der Waals surface area contributed by atoms with Gasteiger partial charge in [-0.2, -0.15) is 0 Å². The zero-order valence-electron chi connectivity index (χ0n) is 10.3. The summed E-state index contributed by atoms with van der Waals surface area (Å²) in [6.07, 6.45) is 1.41. The second-order valence-corrected chi connectivity index (χ2v) is 3.80. The van der Waals surface area contributed by atoms with E-state index in [0.717, 1.165) is 13.0 Å². The van der Waals surface area contributed by atoms with Crippen molar-refractivity contribution in [3.8, 4) is 0 Å². The lowest BCUT2D eigenvalue weighted by atomic mass is 10.2. The second-order valence-electron chi connectivity index (χ2n) is 3.80. The quantitative estimate of drug-likeness (QED) is 0.848. The molecule has 1 amide bonds. The molecule has 1 aromatic rings. The molecule has 96 valence electrons. The summed E-state index contributed by atoms with van der Waals surface area (Å²) in [6, 6.07) is 10.0. The fourth-order valence-electron chi connectivity index (χ4n) is 1.60. The van der Waals surface area contributed by atoms with Crippen molar-refractivity contribution in [3.05, 3.63) is 35.9 Å². The number of benzene rings is 1. The summed E-state index contributed by atoms with van der Waals surface area (Å²) in [5, 5.41) is 0. The first-order valence-corrected chi connectivity index (χ1v) is 5.79. The number of hydrogen-bond acceptors (Lipinski definition) is 2. The first kappa shape index (κ1) is 15.9. The highest BCUT2D eigenvalue weighted by Crippen LogP contribution is 2.06. The van der Waals surface area contributed by atoms with Crippen molar-refractivity contribution < 1.29 is 4.79 Å². The third kappa shape index (κ3) is 5.71. The Kier molecular flexibility index (Phi) is 8.46. The van der Waals surface area contributed by atoms with Gasteiger partial charge in [-0.1, -0.05) is 37.3 Å². The second kappa shape index (κ2) is 9.02. The highest BCUT2D eigenvalue weighted by molar-refractivity contribution is 5.85. The predicted molar refractivity (Wildman–Crippen MR) is 73.1 cm³/mol. The van der Waals surface area contributed by atoms with Crippen LogP contribution in [0.25, 0.3) is 0 Å². The van der Waals surface area contributed by atoms with Crippen LogP contribution in [0.3, 0.4) is 0 Å². The van der Waals surface area contributed by atoms with E-state index in [1.165, 1.54) is 5.56 Å². The summed E-state index contributed by atoms with van der Waals surface area (Å²) in [5.74, 6) is 0.192. The predicted octanol–water partition coefficient (Wildman–Crippen LogP) is 2.20. The molecule has 0 bridgehead atoms. The molecule has 0 heterocycles. The fourth-order valence-corrected chi connectivity index (χ4v) is 1.60. The smallest absolute Gasteiger partial charge is 0.222 e. The van der Waals surface area contributed by atoms with Gasteiger partial charge < -0.3 is 10.6 Å². The molecule has 4 heteroatoms. The Morgan fingerprint density at radius 3 is 2.47 bits per heavy atom. The normalized spacial score (nSPS) is 9.53. The number of nitrogens with two attached hydrogens (primary N) is 1. The third-order valence-corrected chi connectivity index (χ3v) is 2.50. The molecule has 0 atom stereocenters. The van der Waals surface area contributed by atoms with Gasteiger partial charge in [0, 0.05) is 19.5 Å². The topological polar surface area (TPSA) is 46.3 Å². The standard InChI is InChI=1S/C13H20N2O.ClH/c1-2-13(16)15(10-6-9-14)11-12-7-4-3-5-8-12;/h3-5,7-8H,2,6,9-11,14H2,1H3;1H. The molecule has 1 aromatic carbocycles. The zero-order valence-corrected chi connectivity index (χ0v) is 11.1. The molecule has 0 aliphatic carbocycles. The van der Waals surface area contributed by atoms with Crippen molar-refractivity contribution in [2.45, 2.75) is 26.3 Å². The van der Waals surface area contributed by atoms with Gasteiger partial charge in [0.15, 0.2) is 0 Å². The van der Waals surface area contributed by atoms with E-state index in [2.05, 4.69) is 0 Å². The Balaban J connectivity index is 0.00000256. The molecular weight excluding hydrogens is 236 g/mol. The van der Waals surface area contributed by atoms with E-state index in [1.807, 2.05) is 42.2 Å². The summed E-state index contributed by atoms with van der Waals surface area (Å²) in [5.41, 5.74) is 6.64. The van der Waals surface area contributed by atoms with Crippen LogP contribution in [-0.4, -0.2) is 23.9 Å². The molecule has 0 spiro atoms. The first-order chi connectivity index (χ1) is 7.77. The van der Waals surface area contributed by atoms with Gasteiger partial charge in [0.05, 0.1) is 0 Å². The highest BCUT2D eigenvalue weighted by atomic mass is 35.5. The number of carbonyl (C=O) groups is 1. The first-order valence-electron chi connectivity index (χ1n) is 5.79. The van der Waals surface area contributed by atoms with Crippen molar-refractivity contribution in [1.82, 2.24) is 4.90 Å². The van der Waals surface area contributed by atoms with Gasteiger partial charge in [0.1, 0.15) is 0 Å². The van der Waals surface area contributed by atoms with E-state index >= 15 is 0 Å². The summed E-state index contributed by atoms with van der Waals surface area (Å²) in [7, 11) is 0. The maximum absolute atomic E-state index is 11.7. The fraction of sp³-hybridized carbons (Fsp3) is 0.462. The van der Waals surface area contributed by atoms with Crippen LogP contribution in [0.2, 0.25) is 0 Å². The van der Waals surface area contributed by atoms with Crippen LogP contribution in [-0.2, 0) is 11.3 Å². The third-order valence-electron chi connectivity index (χ3n) is 2.50. The van der Waals surface area contributed by atoms with E-state index in [4.69, 9.17) is 5.73 Å². The Bertz CT molecular complexity index is 316. The molecular formula is C13H21ClN2O. The Morgan fingerprint density at radius 1 is 1.29 bits per heavy atom. The minimum Gasteiger partial charge on any atom is -0.338 e. The summed E-state index contributed by atoms with van der Waals surface area (Å²) in [6.45, 7) is 3.95. The van der Waals surface area contributed by atoms with Crippen LogP contribution in [0.1, 0.15) is 25.3 Å². The van der Waals surface area contributed by atoms with Crippen LogP contribution in [0.15, 0.2) is 30.3 Å². The van der Waals surface area contributed by atoms with Crippen LogP contribution >= 0.6 is 12.4 Å². The van der Waals surface area contributed by atoms with Crippen molar-refractivity contribution in [1.29, 1.82) is 0 Å². The lowest BCUT2D eigenvalue weighted by Gasteiger charge is -2.22. The lowest BCUT2D eigenvalue weighted by molar-refractivity contribution is -0.131. The largest absolute Gasteiger partial charge is 0.338 e. The van der Waals surface area contributed by atoms with Gasteiger partial charge in [-0.05, 0) is 18.5 Å². The van der Waals surface area contributed by atoms with Crippen LogP contribution < -0.4 is 5.73 Å². The van der Waals surface area contributed by atoms with Crippen molar-refractivity contribution in [2.75, 3.05) is 13.1 Å². The molecule has 0 saturated carbocycles. The molecule has 2 N–H and O–H groups in total. The Morgan fingerprint density at radius 2 is 1.94 bits per heavy atom. The molecule has 3 nitrogen and oxygen atoms in total. The van der Waals surface area contributed by atoms with Crippen LogP contribution in [0, 0.1) is 0 Å². The molecule has 0 aliphatic rings.